The van der Waals surface area contributed by atoms with Crippen molar-refractivity contribution in [1.29, 1.82) is 0 Å². The van der Waals surface area contributed by atoms with Crippen molar-refractivity contribution in [3.8, 4) is 0 Å². The fraction of sp³-hybridized carbons (Fsp3) is 0.182. The molecule has 6 amide bonds. The molecule has 3 aromatic rings. The van der Waals surface area contributed by atoms with Gasteiger partial charge in [-0.1, -0.05) is 36.4 Å². The Balaban J connectivity index is 0.00000486. The number of hydrogen-bond donors (Lipinski definition) is 0. The maximum absolute atomic E-state index is 13.3. The molecule has 0 spiro atoms. The summed E-state index contributed by atoms with van der Waals surface area (Å²) >= 11 is 0. The number of rotatable bonds is 9. The molecule has 6 rings (SSSR count). The van der Waals surface area contributed by atoms with Crippen LogP contribution in [0.2, 0.25) is 0 Å². The third kappa shape index (κ3) is 5.90. The molecule has 0 bridgehead atoms. The number of amides is 6. The quantitative estimate of drug-likeness (QED) is 0.190. The normalized spacial score (nSPS) is 16.4. The Morgan fingerprint density at radius 3 is 0.800 bits per heavy atom. The first kappa shape index (κ1) is 35.9. The van der Waals surface area contributed by atoms with Crippen LogP contribution in [-0.2, 0) is 28.3 Å². The zero-order chi connectivity index (χ0) is 35.3. The first-order valence-corrected chi connectivity index (χ1v) is 14.9. The van der Waals surface area contributed by atoms with Crippen LogP contribution in [0.25, 0.3) is 0 Å². The van der Waals surface area contributed by atoms with E-state index in [2.05, 4.69) is 0 Å². The van der Waals surface area contributed by atoms with Gasteiger partial charge in [-0.3, -0.25) is 57.9 Å². The van der Waals surface area contributed by atoms with E-state index >= 15 is 0 Å². The monoisotopic (exact) mass is 688 g/mol. The first-order valence-electron chi connectivity index (χ1n) is 14.9. The molecule has 0 saturated heterocycles. The van der Waals surface area contributed by atoms with Gasteiger partial charge in [0.1, 0.15) is 18.1 Å². The van der Waals surface area contributed by atoms with E-state index in [0.717, 1.165) is 20.8 Å². The van der Waals surface area contributed by atoms with E-state index in [1.54, 1.807) is 0 Å². The molecular formula is C33H24BN3NaO12. The van der Waals surface area contributed by atoms with Crippen LogP contribution >= 0.6 is 0 Å². The number of fused-ring (bicyclic) bond motifs is 3. The Hall–Kier alpha value is -5.45. The van der Waals surface area contributed by atoms with Crippen LogP contribution in [-0.4, -0.2) is 93.5 Å². The van der Waals surface area contributed by atoms with Gasteiger partial charge in [-0.25, -0.2) is 0 Å². The summed E-state index contributed by atoms with van der Waals surface area (Å²) in [6.07, 6.45) is 0. The number of imide groups is 3. The molecular weight excluding hydrogens is 664 g/mol. The largest absolute Gasteiger partial charge is 1.00 e. The van der Waals surface area contributed by atoms with Crippen LogP contribution in [0.3, 0.4) is 0 Å². The maximum Gasteiger partial charge on any atom is 1.00 e. The summed E-state index contributed by atoms with van der Waals surface area (Å²) in [5.41, 5.74) is 0.201. The predicted molar refractivity (Wildman–Crippen MR) is 163 cm³/mol. The van der Waals surface area contributed by atoms with Crippen LogP contribution < -0.4 is 29.6 Å². The minimum Gasteiger partial charge on any atom is -0.641 e. The summed E-state index contributed by atoms with van der Waals surface area (Å²) in [6.45, 7) is 3.44. The minimum absolute atomic E-state index is 0. The van der Waals surface area contributed by atoms with Crippen molar-refractivity contribution in [1.82, 2.24) is 14.7 Å². The molecule has 1 radical (unpaired) electrons. The number of benzene rings is 3. The number of carbonyl (C=O) groups excluding carboxylic acids is 9. The van der Waals surface area contributed by atoms with Crippen molar-refractivity contribution < 1.29 is 86.7 Å². The molecule has 247 valence electrons. The van der Waals surface area contributed by atoms with E-state index in [0.29, 0.717) is 14.7 Å². The third-order valence-corrected chi connectivity index (χ3v) is 8.30. The molecule has 0 aliphatic carbocycles. The molecule has 50 heavy (non-hydrogen) atoms. The van der Waals surface area contributed by atoms with Crippen LogP contribution in [0, 0.1) is 0 Å². The van der Waals surface area contributed by atoms with Crippen molar-refractivity contribution in [3.05, 3.63) is 106 Å². The van der Waals surface area contributed by atoms with Crippen LogP contribution in [0.5, 0.6) is 0 Å². The van der Waals surface area contributed by atoms with Crippen molar-refractivity contribution in [3.63, 3.8) is 0 Å². The topological polar surface area (TPSA) is 191 Å². The van der Waals surface area contributed by atoms with Crippen molar-refractivity contribution in [2.45, 2.75) is 38.9 Å². The van der Waals surface area contributed by atoms with Crippen molar-refractivity contribution in [2.24, 2.45) is 0 Å². The Morgan fingerprint density at radius 1 is 0.440 bits per heavy atom. The molecule has 17 heteroatoms. The third-order valence-electron chi connectivity index (χ3n) is 8.30. The molecule has 3 heterocycles. The molecule has 3 atom stereocenters. The molecule has 0 saturated carbocycles. The number of hydrogen-bond acceptors (Lipinski definition) is 12. The maximum atomic E-state index is 13.3. The summed E-state index contributed by atoms with van der Waals surface area (Å²) in [5.74, 6) is -8.94. The summed E-state index contributed by atoms with van der Waals surface area (Å²) in [5, 5.41) is 0. The Labute approximate surface area is 305 Å². The molecule has 3 aromatic carbocycles. The van der Waals surface area contributed by atoms with E-state index in [9.17, 15) is 43.2 Å². The van der Waals surface area contributed by atoms with Crippen molar-refractivity contribution >= 4 is 60.7 Å². The zero-order valence-electron chi connectivity index (χ0n) is 27.0. The van der Waals surface area contributed by atoms with Gasteiger partial charge in [0.25, 0.3) is 53.4 Å². The van der Waals surface area contributed by atoms with Gasteiger partial charge in [0.15, 0.2) is 0 Å². The van der Waals surface area contributed by atoms with Gasteiger partial charge in [-0.15, -0.1) is 0 Å². The van der Waals surface area contributed by atoms with Gasteiger partial charge in [0.2, 0.25) is 0 Å². The standard InChI is InChI=1S/C33H24BN3O12.Na/c1-16(35-25(38)19-10-4-5-11-20(19)26(35)39)31(44)47-34(48-32(45)17(2)36-27(40)21-12-6-7-13-22(21)28(36)41)49-33(46)18(3)37-29(42)23-14-8-9-15-24(23)30(37)43;/h4-18H,1-3H3;/q-1;+1/t16-,17-,18-;/m0./s1. The smallest absolute Gasteiger partial charge is 0.641 e. The van der Waals surface area contributed by atoms with Gasteiger partial charge in [-0.05, 0) is 57.2 Å². The second-order valence-electron chi connectivity index (χ2n) is 11.2. The molecule has 3 aliphatic heterocycles. The van der Waals surface area contributed by atoms with Crippen molar-refractivity contribution in [2.75, 3.05) is 0 Å². The van der Waals surface area contributed by atoms with Crippen LogP contribution in [0.4, 0.5) is 0 Å². The fourth-order valence-electron chi connectivity index (χ4n) is 5.65. The van der Waals surface area contributed by atoms with Gasteiger partial charge in [0.05, 0.1) is 33.4 Å². The van der Waals surface area contributed by atoms with Gasteiger partial charge < -0.3 is 14.0 Å². The zero-order valence-corrected chi connectivity index (χ0v) is 29.0. The minimum atomic E-state index is -2.53. The predicted octanol–water partition coefficient (Wildman–Crippen LogP) is -1.34. The SMILES string of the molecule is C[C@@H](C(=O)O[B-](OC(=O)[C@H](C)N1C(=O)c2ccccc2C1=O)OC(=O)[C@H](C)N1C(=O)c2ccccc2C1=O)N1C(=O)c2ccccc2C1=O.[Na+]. The summed E-state index contributed by atoms with van der Waals surface area (Å²) in [6, 6.07) is 12.6. The molecule has 0 fully saturated rings. The van der Waals surface area contributed by atoms with Gasteiger partial charge in [-0.2, -0.15) is 0 Å². The van der Waals surface area contributed by atoms with Crippen LogP contribution in [0.15, 0.2) is 72.8 Å². The molecule has 3 aliphatic rings. The van der Waals surface area contributed by atoms with Gasteiger partial charge in [0, 0.05) is 0 Å². The molecule has 0 unspecified atom stereocenters. The Kier molecular flexibility index (Phi) is 9.91. The summed E-state index contributed by atoms with van der Waals surface area (Å²) in [7, 11) is -2.53. The summed E-state index contributed by atoms with van der Waals surface area (Å²) < 4.78 is 15.5. The second kappa shape index (κ2) is 13.8. The van der Waals surface area contributed by atoms with E-state index < -0.39 is 78.8 Å². The molecule has 15 nitrogen and oxygen atoms in total. The van der Waals surface area contributed by atoms with Crippen LogP contribution in [0.1, 0.15) is 82.9 Å². The molecule has 0 aromatic heterocycles. The van der Waals surface area contributed by atoms with E-state index in [-0.39, 0.29) is 62.9 Å². The molecule has 0 N–H and O–H groups in total. The average molecular weight is 688 g/mol. The van der Waals surface area contributed by atoms with Gasteiger partial charge >= 0.3 is 36.9 Å². The number of nitrogens with zero attached hydrogens (tertiary/aromatic N) is 3. The number of carbonyl (C=O) groups is 9. The second-order valence-corrected chi connectivity index (χ2v) is 11.2. The fourth-order valence-corrected chi connectivity index (χ4v) is 5.65. The van der Waals surface area contributed by atoms with E-state index in [1.165, 1.54) is 72.8 Å². The Morgan fingerprint density at radius 2 is 0.620 bits per heavy atom. The Bertz CT molecular complexity index is 1700. The average Bonchev–Trinajstić information content (AvgIpc) is 3.62. The first-order chi connectivity index (χ1) is 23.3. The van der Waals surface area contributed by atoms with E-state index in [1.807, 2.05) is 0 Å². The van der Waals surface area contributed by atoms with E-state index in [4.69, 9.17) is 14.0 Å². The summed E-state index contributed by atoms with van der Waals surface area (Å²) in [4.78, 5) is 120.